The Morgan fingerprint density at radius 2 is 1.92 bits per heavy atom. The van der Waals surface area contributed by atoms with Gasteiger partial charge in [-0.1, -0.05) is 0 Å². The van der Waals surface area contributed by atoms with Gasteiger partial charge in [-0.2, -0.15) is 5.10 Å². The van der Waals surface area contributed by atoms with Crippen molar-refractivity contribution in [3.63, 3.8) is 0 Å². The average molecular weight is 333 g/mol. The summed E-state index contributed by atoms with van der Waals surface area (Å²) in [6.07, 6.45) is 3.79. The number of nitrogens with zero attached hydrogens (tertiary/aromatic N) is 3. The van der Waals surface area contributed by atoms with E-state index in [0.29, 0.717) is 18.3 Å². The van der Waals surface area contributed by atoms with Gasteiger partial charge in [-0.3, -0.25) is 4.79 Å². The predicted octanol–water partition coefficient (Wildman–Crippen LogP) is 2.81. The van der Waals surface area contributed by atoms with Gasteiger partial charge in [0.25, 0.3) is 0 Å². The molecule has 2 heterocycles. The molecule has 0 aromatic heterocycles. The average Bonchev–Trinajstić information content (AvgIpc) is 3.22. The van der Waals surface area contributed by atoms with Gasteiger partial charge in [0.15, 0.2) is 0 Å². The minimum atomic E-state index is -0.531. The van der Waals surface area contributed by atoms with E-state index in [-0.39, 0.29) is 17.4 Å². The molecular weight excluding hydrogens is 312 g/mol. The molecule has 1 amide bonds. The summed E-state index contributed by atoms with van der Waals surface area (Å²) in [7, 11) is 2.11. The number of halogens is 2. The first-order chi connectivity index (χ1) is 11.5. The largest absolute Gasteiger partial charge is 0.306 e. The van der Waals surface area contributed by atoms with E-state index in [1.54, 1.807) is 6.21 Å². The minimum absolute atomic E-state index is 0.0468. The van der Waals surface area contributed by atoms with E-state index >= 15 is 0 Å². The normalized spacial score (nSPS) is 32.5. The molecule has 3 unspecified atom stereocenters. The SMILES string of the molecule is CN1CC2CC(C(=O)N3N=CCC3c3cc(F)ccc3F)CC2C1. The van der Waals surface area contributed by atoms with Gasteiger partial charge in [-0.15, -0.1) is 0 Å². The van der Waals surface area contributed by atoms with Crippen LogP contribution in [0.2, 0.25) is 0 Å². The highest BCUT2D eigenvalue weighted by Crippen LogP contribution is 2.43. The third-order valence-electron chi connectivity index (χ3n) is 5.66. The molecule has 6 heteroatoms. The highest BCUT2D eigenvalue weighted by atomic mass is 19.1. The number of amides is 1. The molecule has 1 saturated heterocycles. The van der Waals surface area contributed by atoms with E-state index in [9.17, 15) is 13.6 Å². The lowest BCUT2D eigenvalue weighted by Gasteiger charge is -2.26. The second-order valence-electron chi connectivity index (χ2n) is 7.31. The molecule has 4 nitrogen and oxygen atoms in total. The van der Waals surface area contributed by atoms with Crippen molar-refractivity contribution >= 4 is 12.1 Å². The molecule has 0 bridgehead atoms. The molecule has 0 spiro atoms. The summed E-state index contributed by atoms with van der Waals surface area (Å²) in [5.74, 6) is 0.0519. The summed E-state index contributed by atoms with van der Waals surface area (Å²) in [5, 5.41) is 5.56. The fourth-order valence-electron chi connectivity index (χ4n) is 4.58. The summed E-state index contributed by atoms with van der Waals surface area (Å²) >= 11 is 0. The first-order valence-corrected chi connectivity index (χ1v) is 8.52. The van der Waals surface area contributed by atoms with Crippen molar-refractivity contribution in [1.82, 2.24) is 9.91 Å². The van der Waals surface area contributed by atoms with Gasteiger partial charge in [-0.25, -0.2) is 13.8 Å². The number of carbonyl (C=O) groups is 1. The Bertz CT molecular complexity index is 679. The molecule has 4 rings (SSSR count). The van der Waals surface area contributed by atoms with Crippen LogP contribution in [-0.2, 0) is 4.79 Å². The minimum Gasteiger partial charge on any atom is -0.306 e. The number of fused-ring (bicyclic) bond motifs is 1. The third-order valence-corrected chi connectivity index (χ3v) is 5.66. The van der Waals surface area contributed by atoms with E-state index in [2.05, 4.69) is 17.0 Å². The maximum Gasteiger partial charge on any atom is 0.246 e. The zero-order chi connectivity index (χ0) is 16.8. The second-order valence-corrected chi connectivity index (χ2v) is 7.31. The van der Waals surface area contributed by atoms with Gasteiger partial charge >= 0.3 is 0 Å². The van der Waals surface area contributed by atoms with Crippen LogP contribution in [-0.4, -0.2) is 42.2 Å². The lowest BCUT2D eigenvalue weighted by atomic mass is 10.00. The molecule has 1 aromatic carbocycles. The van der Waals surface area contributed by atoms with Crippen LogP contribution in [0.25, 0.3) is 0 Å². The fraction of sp³-hybridized carbons (Fsp3) is 0.556. The van der Waals surface area contributed by atoms with Crippen molar-refractivity contribution in [2.75, 3.05) is 20.1 Å². The van der Waals surface area contributed by atoms with Gasteiger partial charge in [0.05, 0.1) is 6.04 Å². The Kier molecular flexibility index (Phi) is 3.87. The zero-order valence-corrected chi connectivity index (χ0v) is 13.7. The van der Waals surface area contributed by atoms with Gasteiger partial charge in [0.2, 0.25) is 5.91 Å². The Balaban J connectivity index is 1.52. The topological polar surface area (TPSA) is 35.9 Å². The molecule has 0 N–H and O–H groups in total. The van der Waals surface area contributed by atoms with Crippen LogP contribution in [0.4, 0.5) is 8.78 Å². The molecule has 2 fully saturated rings. The molecular formula is C18H21F2N3O. The Labute approximate surface area is 140 Å². The summed E-state index contributed by atoms with van der Waals surface area (Å²) in [5.41, 5.74) is 0.207. The van der Waals surface area contributed by atoms with Crippen molar-refractivity contribution in [1.29, 1.82) is 0 Å². The van der Waals surface area contributed by atoms with Crippen LogP contribution in [0, 0.1) is 29.4 Å². The summed E-state index contributed by atoms with van der Waals surface area (Å²) < 4.78 is 27.6. The zero-order valence-electron chi connectivity index (χ0n) is 13.7. The van der Waals surface area contributed by atoms with E-state index in [1.165, 1.54) is 11.1 Å². The first-order valence-electron chi connectivity index (χ1n) is 8.52. The van der Waals surface area contributed by atoms with Crippen molar-refractivity contribution < 1.29 is 13.6 Å². The lowest BCUT2D eigenvalue weighted by Crippen LogP contribution is -2.33. The molecule has 0 radical (unpaired) electrons. The lowest BCUT2D eigenvalue weighted by molar-refractivity contribution is -0.137. The Morgan fingerprint density at radius 3 is 2.62 bits per heavy atom. The molecule has 1 saturated carbocycles. The Morgan fingerprint density at radius 1 is 1.21 bits per heavy atom. The number of rotatable bonds is 2. The summed E-state index contributed by atoms with van der Waals surface area (Å²) in [6.45, 7) is 2.08. The molecule has 128 valence electrons. The molecule has 1 aromatic rings. The standard InChI is InChI=1S/C18H21F2N3O/c1-22-9-12-6-11(7-13(12)10-22)18(24)23-17(4-5-21-23)15-8-14(19)2-3-16(15)20/h2-3,5,8,11-13,17H,4,6-7,9-10H2,1H3. The number of benzene rings is 1. The second kappa shape index (κ2) is 5.92. The number of likely N-dealkylation sites (tertiary alicyclic amines) is 1. The van der Waals surface area contributed by atoms with E-state index in [1.807, 2.05) is 0 Å². The third kappa shape index (κ3) is 2.62. The maximum atomic E-state index is 14.1. The first kappa shape index (κ1) is 15.7. The van der Waals surface area contributed by atoms with Crippen LogP contribution in [0.1, 0.15) is 30.9 Å². The van der Waals surface area contributed by atoms with E-state index in [0.717, 1.165) is 38.1 Å². The van der Waals surface area contributed by atoms with Crippen molar-refractivity contribution in [2.45, 2.75) is 25.3 Å². The van der Waals surface area contributed by atoms with Crippen LogP contribution in [0.3, 0.4) is 0 Å². The van der Waals surface area contributed by atoms with Crippen LogP contribution in [0.5, 0.6) is 0 Å². The van der Waals surface area contributed by atoms with Crippen molar-refractivity contribution in [2.24, 2.45) is 22.9 Å². The number of hydrogen-bond donors (Lipinski definition) is 0. The van der Waals surface area contributed by atoms with E-state index < -0.39 is 17.7 Å². The van der Waals surface area contributed by atoms with Crippen LogP contribution < -0.4 is 0 Å². The Hall–Kier alpha value is -1.82. The summed E-state index contributed by atoms with van der Waals surface area (Å²) in [4.78, 5) is 15.2. The van der Waals surface area contributed by atoms with Gasteiger partial charge in [0.1, 0.15) is 11.6 Å². The quantitative estimate of drug-likeness (QED) is 0.834. The maximum absolute atomic E-state index is 14.1. The van der Waals surface area contributed by atoms with Crippen LogP contribution >= 0.6 is 0 Å². The fourth-order valence-corrected chi connectivity index (χ4v) is 4.58. The number of hydrogen-bond acceptors (Lipinski definition) is 3. The molecule has 3 aliphatic rings. The molecule has 2 aliphatic heterocycles. The highest BCUT2D eigenvalue weighted by Gasteiger charge is 2.45. The van der Waals surface area contributed by atoms with Crippen molar-refractivity contribution in [3.8, 4) is 0 Å². The molecule has 1 aliphatic carbocycles. The number of carbonyl (C=O) groups excluding carboxylic acids is 1. The molecule has 3 atom stereocenters. The van der Waals surface area contributed by atoms with Gasteiger partial charge in [-0.05, 0) is 49.9 Å². The summed E-state index contributed by atoms with van der Waals surface area (Å²) in [6, 6.07) is 2.85. The van der Waals surface area contributed by atoms with Gasteiger partial charge < -0.3 is 4.90 Å². The smallest absolute Gasteiger partial charge is 0.246 e. The van der Waals surface area contributed by atoms with Crippen LogP contribution in [0.15, 0.2) is 23.3 Å². The van der Waals surface area contributed by atoms with Gasteiger partial charge in [0, 0.05) is 37.2 Å². The predicted molar refractivity (Wildman–Crippen MR) is 86.3 cm³/mol. The monoisotopic (exact) mass is 333 g/mol. The van der Waals surface area contributed by atoms with E-state index in [4.69, 9.17) is 0 Å². The van der Waals surface area contributed by atoms with Crippen molar-refractivity contribution in [3.05, 3.63) is 35.4 Å². The highest BCUT2D eigenvalue weighted by molar-refractivity contribution is 5.82. The number of hydrazone groups is 1. The molecule has 24 heavy (non-hydrogen) atoms.